The van der Waals surface area contributed by atoms with Gasteiger partial charge in [-0.1, -0.05) is 133 Å². The van der Waals surface area contributed by atoms with Crippen molar-refractivity contribution in [3.63, 3.8) is 0 Å². The van der Waals surface area contributed by atoms with Crippen LogP contribution in [0.3, 0.4) is 0 Å². The summed E-state index contributed by atoms with van der Waals surface area (Å²) in [6, 6.07) is 39.5. The van der Waals surface area contributed by atoms with Crippen molar-refractivity contribution in [3.8, 4) is 0 Å². The Bertz CT molecular complexity index is 1320. The van der Waals surface area contributed by atoms with Gasteiger partial charge >= 0.3 is 16.5 Å². The second-order valence-corrected chi connectivity index (χ2v) is 9.62. The van der Waals surface area contributed by atoms with Crippen LogP contribution >= 0.6 is 0 Å². The number of allylic oxidation sites excluding steroid dienone is 4. The van der Waals surface area contributed by atoms with E-state index in [1.807, 2.05) is 121 Å². The third-order valence-electron chi connectivity index (χ3n) is 6.28. The first kappa shape index (κ1) is 31.3. The average molecular weight is 585 g/mol. The fourth-order valence-electron chi connectivity index (χ4n) is 4.37. The van der Waals surface area contributed by atoms with Gasteiger partial charge < -0.3 is 10.2 Å². The third-order valence-corrected chi connectivity index (χ3v) is 6.28. The van der Waals surface area contributed by atoms with Gasteiger partial charge in [-0.15, -0.1) is 11.5 Å². The number of benzene rings is 4. The monoisotopic (exact) mass is 584 g/mol. The molecule has 0 amide bonds. The molecule has 0 heterocycles. The molecule has 0 fully saturated rings. The fraction of sp³-hybridized carbons (Fsp3) is 0.167. The van der Waals surface area contributed by atoms with Crippen LogP contribution in [0.15, 0.2) is 155 Å². The molecule has 0 unspecified atom stereocenters. The van der Waals surface area contributed by atoms with Gasteiger partial charge in [-0.2, -0.15) is 0 Å². The zero-order valence-electron chi connectivity index (χ0n) is 23.0. The molecule has 0 aliphatic heterocycles. The van der Waals surface area contributed by atoms with E-state index in [-0.39, 0.29) is 28.0 Å². The molecular weight excluding hydrogens is 551 g/mol. The van der Waals surface area contributed by atoms with Crippen LogP contribution < -0.4 is 10.2 Å². The van der Waals surface area contributed by atoms with E-state index in [1.54, 1.807) is 12.2 Å². The van der Waals surface area contributed by atoms with Crippen LogP contribution in [0.25, 0.3) is 0 Å². The normalized spacial score (nSPS) is 12.6. The zero-order valence-corrected chi connectivity index (χ0v) is 24.0. The van der Waals surface area contributed by atoms with E-state index in [9.17, 15) is 10.2 Å². The van der Waals surface area contributed by atoms with E-state index >= 15 is 0 Å². The topological polar surface area (TPSA) is 70.8 Å². The van der Waals surface area contributed by atoms with E-state index in [0.29, 0.717) is 38.8 Å². The summed E-state index contributed by atoms with van der Waals surface area (Å²) in [4.78, 5) is 9.52. The van der Waals surface area contributed by atoms with Crippen molar-refractivity contribution in [2.24, 2.45) is 9.98 Å². The number of aliphatic imine (C=N–C) groups is 2. The summed E-state index contributed by atoms with van der Waals surface area (Å²) < 4.78 is 0. The second-order valence-electron chi connectivity index (χ2n) is 9.62. The number of hydrogen-bond acceptors (Lipinski definition) is 4. The van der Waals surface area contributed by atoms with Gasteiger partial charge in [-0.05, 0) is 35.1 Å². The van der Waals surface area contributed by atoms with Crippen LogP contribution in [-0.4, -0.2) is 24.5 Å². The zero-order chi connectivity index (χ0) is 27.8. The molecule has 0 aliphatic carbocycles. The standard InChI is InChI=1S/C36H36N2O2.Ni/c39-35(25-31-17-9-3-10-18-31)27-33(23-29-13-5-1-6-14-29)37-21-22-38-34(24-30-15-7-2-8-16-30)28-36(40)26-32-19-11-4-12-20-32;/h1-20,27-28,39-40H,21-26H2;/q;+2/p-2/b35-27-,36-28-,37-33?,38-34?;. The van der Waals surface area contributed by atoms with Gasteiger partial charge in [0.1, 0.15) is 0 Å². The van der Waals surface area contributed by atoms with Gasteiger partial charge in [-0.3, -0.25) is 9.98 Å². The quantitative estimate of drug-likeness (QED) is 0.0922. The second kappa shape index (κ2) is 17.5. The van der Waals surface area contributed by atoms with Crippen molar-refractivity contribution < 1.29 is 26.7 Å². The van der Waals surface area contributed by atoms with Crippen LogP contribution in [0, 0.1) is 0 Å². The Labute approximate surface area is 253 Å². The number of rotatable bonds is 13. The number of hydrogen-bond donors (Lipinski definition) is 0. The summed E-state index contributed by atoms with van der Waals surface area (Å²) in [5.74, 6) is 0.0444. The Balaban J connectivity index is 0.00000462. The molecule has 0 aliphatic rings. The van der Waals surface area contributed by atoms with Gasteiger partial charge in [0.15, 0.2) is 0 Å². The van der Waals surface area contributed by atoms with E-state index in [4.69, 9.17) is 9.98 Å². The van der Waals surface area contributed by atoms with Gasteiger partial charge in [0, 0.05) is 24.3 Å². The summed E-state index contributed by atoms with van der Waals surface area (Å²) in [5.41, 5.74) is 5.62. The van der Waals surface area contributed by atoms with Crippen LogP contribution in [-0.2, 0) is 42.2 Å². The van der Waals surface area contributed by atoms with Crippen LogP contribution in [0.5, 0.6) is 0 Å². The molecule has 5 heteroatoms. The largest absolute Gasteiger partial charge is 2.00 e. The molecule has 210 valence electrons. The smallest absolute Gasteiger partial charge is 0.875 e. The van der Waals surface area contributed by atoms with E-state index in [1.165, 1.54) is 0 Å². The molecule has 0 saturated heterocycles. The van der Waals surface area contributed by atoms with Crippen LogP contribution in [0.4, 0.5) is 0 Å². The Morgan fingerprint density at radius 2 is 0.707 bits per heavy atom. The first-order valence-corrected chi connectivity index (χ1v) is 13.6. The van der Waals surface area contributed by atoms with Gasteiger partial charge in [0.2, 0.25) is 0 Å². The number of nitrogens with zero attached hydrogens (tertiary/aromatic N) is 2. The summed E-state index contributed by atoms with van der Waals surface area (Å²) in [6.07, 6.45) is 5.14. The maximum Gasteiger partial charge on any atom is 2.00 e. The van der Waals surface area contributed by atoms with E-state index < -0.39 is 0 Å². The van der Waals surface area contributed by atoms with Crippen molar-refractivity contribution in [1.82, 2.24) is 0 Å². The Morgan fingerprint density at radius 3 is 1.00 bits per heavy atom. The molecule has 4 aromatic carbocycles. The molecular formula is C36H34N2NiO2. The minimum atomic E-state index is 0. The van der Waals surface area contributed by atoms with Crippen molar-refractivity contribution in [2.75, 3.05) is 13.1 Å². The van der Waals surface area contributed by atoms with E-state index in [0.717, 1.165) is 33.7 Å². The van der Waals surface area contributed by atoms with Crippen molar-refractivity contribution >= 4 is 11.4 Å². The van der Waals surface area contributed by atoms with E-state index in [2.05, 4.69) is 0 Å². The maximum atomic E-state index is 12.8. The third kappa shape index (κ3) is 11.8. The molecule has 0 radical (unpaired) electrons. The first-order chi connectivity index (χ1) is 19.6. The minimum absolute atomic E-state index is 0. The summed E-state index contributed by atoms with van der Waals surface area (Å²) in [6.45, 7) is 0.854. The predicted molar refractivity (Wildman–Crippen MR) is 161 cm³/mol. The molecule has 4 aromatic rings. The molecule has 41 heavy (non-hydrogen) atoms. The fourth-order valence-corrected chi connectivity index (χ4v) is 4.37. The SMILES string of the molecule is [Ni+2].[O-]/C(=C\C(Cc1ccccc1)=NCCN=C(/C=C(\[O-])Cc1ccccc1)Cc1ccccc1)Cc1ccccc1. The van der Waals surface area contributed by atoms with Crippen LogP contribution in [0.1, 0.15) is 22.3 Å². The maximum absolute atomic E-state index is 12.8. The minimum Gasteiger partial charge on any atom is -0.875 e. The Kier molecular flexibility index (Phi) is 13.4. The van der Waals surface area contributed by atoms with Crippen LogP contribution in [0.2, 0.25) is 0 Å². The molecule has 0 bridgehead atoms. The molecule has 0 N–H and O–H groups in total. The molecule has 4 nitrogen and oxygen atoms in total. The van der Waals surface area contributed by atoms with Crippen molar-refractivity contribution in [3.05, 3.63) is 167 Å². The van der Waals surface area contributed by atoms with Crippen molar-refractivity contribution in [1.29, 1.82) is 0 Å². The van der Waals surface area contributed by atoms with Crippen molar-refractivity contribution in [2.45, 2.75) is 25.7 Å². The molecule has 0 spiro atoms. The summed E-state index contributed by atoms with van der Waals surface area (Å²) in [7, 11) is 0. The van der Waals surface area contributed by atoms with Gasteiger partial charge in [-0.25, -0.2) is 0 Å². The predicted octanol–water partition coefficient (Wildman–Crippen LogP) is 5.33. The first-order valence-electron chi connectivity index (χ1n) is 13.6. The Morgan fingerprint density at radius 1 is 0.439 bits per heavy atom. The van der Waals surface area contributed by atoms with Gasteiger partial charge in [0.25, 0.3) is 0 Å². The molecule has 0 aromatic heterocycles. The molecule has 4 rings (SSSR count). The molecule has 0 saturated carbocycles. The van der Waals surface area contributed by atoms with Gasteiger partial charge in [0.05, 0.1) is 13.1 Å². The summed E-state index contributed by atoms with van der Waals surface area (Å²) >= 11 is 0. The molecule has 0 atom stereocenters. The average Bonchev–Trinajstić information content (AvgIpc) is 2.97. The Hall–Kier alpha value is -4.21. The summed E-state index contributed by atoms with van der Waals surface area (Å²) in [5, 5.41) is 25.6.